The number of hydrogen-bond acceptors (Lipinski definition) is 1. The number of piperidine rings is 1. The maximum Gasteiger partial charge on any atom is 0.322 e. The van der Waals surface area contributed by atoms with Crippen LogP contribution in [-0.4, -0.2) is 23.0 Å². The molecule has 1 aliphatic heterocycles. The Labute approximate surface area is 109 Å². The minimum absolute atomic E-state index is 0.0315. The number of amides is 2. The van der Waals surface area contributed by atoms with Gasteiger partial charge in [-0.05, 0) is 51.7 Å². The Bertz CT molecular complexity index is 420. The molecular formula is C15H22N2O. The maximum atomic E-state index is 12.4. The molecule has 1 N–H and O–H groups in total. The average molecular weight is 246 g/mol. The summed E-state index contributed by atoms with van der Waals surface area (Å²) < 4.78 is 0. The maximum absolute atomic E-state index is 12.4. The standard InChI is InChI=1S/C15H22N2O/c1-11-7-4-5-10-14(11)16-15(18)17-12(2)8-6-9-13(17)3/h4-5,7,10,12-13H,6,8-9H2,1-3H3,(H,16,18)/t12-,13-/m1/s1. The van der Waals surface area contributed by atoms with Crippen LogP contribution in [0.1, 0.15) is 38.7 Å². The summed E-state index contributed by atoms with van der Waals surface area (Å²) in [5.41, 5.74) is 2.01. The zero-order valence-corrected chi connectivity index (χ0v) is 11.4. The number of urea groups is 1. The average Bonchev–Trinajstić information content (AvgIpc) is 2.32. The third-order valence-corrected chi connectivity index (χ3v) is 3.81. The number of benzene rings is 1. The minimum atomic E-state index is 0.0315. The van der Waals surface area contributed by atoms with E-state index in [2.05, 4.69) is 19.2 Å². The van der Waals surface area contributed by atoms with Gasteiger partial charge in [-0.15, -0.1) is 0 Å². The smallest absolute Gasteiger partial charge is 0.319 e. The van der Waals surface area contributed by atoms with E-state index in [1.54, 1.807) is 0 Å². The molecule has 0 saturated carbocycles. The Kier molecular flexibility index (Phi) is 3.90. The van der Waals surface area contributed by atoms with Crippen molar-refractivity contribution in [3.05, 3.63) is 29.8 Å². The van der Waals surface area contributed by atoms with Crippen LogP contribution >= 0.6 is 0 Å². The van der Waals surface area contributed by atoms with Gasteiger partial charge in [0.05, 0.1) is 0 Å². The molecule has 0 unspecified atom stereocenters. The second kappa shape index (κ2) is 5.42. The second-order valence-corrected chi connectivity index (χ2v) is 5.28. The number of rotatable bonds is 1. The van der Waals surface area contributed by atoms with E-state index in [-0.39, 0.29) is 6.03 Å². The van der Waals surface area contributed by atoms with Crippen molar-refractivity contribution in [2.45, 2.75) is 52.1 Å². The van der Waals surface area contributed by atoms with Gasteiger partial charge in [-0.2, -0.15) is 0 Å². The molecule has 0 aromatic heterocycles. The monoisotopic (exact) mass is 246 g/mol. The van der Waals surface area contributed by atoms with E-state index in [0.29, 0.717) is 12.1 Å². The van der Waals surface area contributed by atoms with Crippen molar-refractivity contribution < 1.29 is 4.79 Å². The van der Waals surface area contributed by atoms with E-state index < -0.39 is 0 Å². The summed E-state index contributed by atoms with van der Waals surface area (Å²) in [5, 5.41) is 3.03. The third kappa shape index (κ3) is 2.66. The van der Waals surface area contributed by atoms with Crippen LogP contribution in [0.5, 0.6) is 0 Å². The van der Waals surface area contributed by atoms with Crippen LogP contribution in [0.2, 0.25) is 0 Å². The number of para-hydroxylation sites is 1. The quantitative estimate of drug-likeness (QED) is 0.803. The molecule has 3 heteroatoms. The van der Waals surface area contributed by atoms with E-state index in [0.717, 1.165) is 24.1 Å². The summed E-state index contributed by atoms with van der Waals surface area (Å²) >= 11 is 0. The Balaban J connectivity index is 2.09. The first-order valence-corrected chi connectivity index (χ1v) is 6.74. The largest absolute Gasteiger partial charge is 0.322 e. The zero-order chi connectivity index (χ0) is 13.1. The lowest BCUT2D eigenvalue weighted by atomic mass is 9.98. The van der Waals surface area contributed by atoms with Gasteiger partial charge < -0.3 is 10.2 Å². The fourth-order valence-electron chi connectivity index (χ4n) is 2.71. The Hall–Kier alpha value is -1.51. The van der Waals surface area contributed by atoms with Gasteiger partial charge in [0.15, 0.2) is 0 Å². The topological polar surface area (TPSA) is 32.3 Å². The molecule has 18 heavy (non-hydrogen) atoms. The van der Waals surface area contributed by atoms with Gasteiger partial charge in [0.25, 0.3) is 0 Å². The van der Waals surface area contributed by atoms with Crippen LogP contribution in [0.15, 0.2) is 24.3 Å². The molecule has 1 aliphatic rings. The van der Waals surface area contributed by atoms with Crippen molar-refractivity contribution in [1.29, 1.82) is 0 Å². The highest BCUT2D eigenvalue weighted by atomic mass is 16.2. The Morgan fingerprint density at radius 2 is 1.83 bits per heavy atom. The van der Waals surface area contributed by atoms with Gasteiger partial charge >= 0.3 is 6.03 Å². The normalized spacial score (nSPS) is 23.8. The lowest BCUT2D eigenvalue weighted by Gasteiger charge is -2.39. The highest BCUT2D eigenvalue weighted by Crippen LogP contribution is 2.24. The van der Waals surface area contributed by atoms with Crippen LogP contribution in [0, 0.1) is 6.92 Å². The molecule has 0 radical (unpaired) electrons. The van der Waals surface area contributed by atoms with E-state index in [1.807, 2.05) is 36.1 Å². The Morgan fingerprint density at radius 3 is 2.44 bits per heavy atom. The van der Waals surface area contributed by atoms with Crippen molar-refractivity contribution in [3.8, 4) is 0 Å². The minimum Gasteiger partial charge on any atom is -0.319 e. The van der Waals surface area contributed by atoms with Crippen LogP contribution in [0.25, 0.3) is 0 Å². The molecular weight excluding hydrogens is 224 g/mol. The molecule has 2 rings (SSSR count). The van der Waals surface area contributed by atoms with Crippen molar-refractivity contribution in [2.75, 3.05) is 5.32 Å². The number of carbonyl (C=O) groups is 1. The molecule has 1 heterocycles. The second-order valence-electron chi connectivity index (χ2n) is 5.28. The molecule has 0 spiro atoms. The highest BCUT2D eigenvalue weighted by Gasteiger charge is 2.28. The van der Waals surface area contributed by atoms with E-state index in [4.69, 9.17) is 0 Å². The van der Waals surface area contributed by atoms with E-state index in [1.165, 1.54) is 6.42 Å². The van der Waals surface area contributed by atoms with E-state index in [9.17, 15) is 4.79 Å². The summed E-state index contributed by atoms with van der Waals surface area (Å²) in [6, 6.07) is 8.59. The van der Waals surface area contributed by atoms with Crippen molar-refractivity contribution in [1.82, 2.24) is 4.90 Å². The van der Waals surface area contributed by atoms with Crippen molar-refractivity contribution in [2.24, 2.45) is 0 Å². The fourth-order valence-corrected chi connectivity index (χ4v) is 2.71. The number of nitrogens with one attached hydrogen (secondary N) is 1. The number of carbonyl (C=O) groups excluding carboxylic acids is 1. The summed E-state index contributed by atoms with van der Waals surface area (Å²) in [4.78, 5) is 14.3. The molecule has 98 valence electrons. The summed E-state index contributed by atoms with van der Waals surface area (Å²) in [7, 11) is 0. The summed E-state index contributed by atoms with van der Waals surface area (Å²) in [5.74, 6) is 0. The lowest BCUT2D eigenvalue weighted by Crippen LogP contribution is -2.49. The van der Waals surface area contributed by atoms with E-state index >= 15 is 0 Å². The number of nitrogens with zero attached hydrogens (tertiary/aromatic N) is 1. The molecule has 3 nitrogen and oxygen atoms in total. The van der Waals surface area contributed by atoms with Crippen LogP contribution in [0.4, 0.5) is 10.5 Å². The van der Waals surface area contributed by atoms with Gasteiger partial charge in [0.1, 0.15) is 0 Å². The zero-order valence-electron chi connectivity index (χ0n) is 11.4. The summed E-state index contributed by atoms with van der Waals surface area (Å²) in [6.07, 6.45) is 3.42. The molecule has 1 saturated heterocycles. The van der Waals surface area contributed by atoms with Gasteiger partial charge in [0, 0.05) is 17.8 Å². The number of likely N-dealkylation sites (tertiary alicyclic amines) is 1. The number of aryl methyl sites for hydroxylation is 1. The first kappa shape index (κ1) is 12.9. The molecule has 0 aliphatic carbocycles. The van der Waals surface area contributed by atoms with Gasteiger partial charge in [-0.25, -0.2) is 4.79 Å². The predicted molar refractivity (Wildman–Crippen MR) is 74.8 cm³/mol. The molecule has 1 aromatic carbocycles. The lowest BCUT2D eigenvalue weighted by molar-refractivity contribution is 0.133. The van der Waals surface area contributed by atoms with Gasteiger partial charge in [-0.1, -0.05) is 18.2 Å². The molecule has 2 atom stereocenters. The Morgan fingerprint density at radius 1 is 1.22 bits per heavy atom. The van der Waals surface area contributed by atoms with Crippen LogP contribution in [-0.2, 0) is 0 Å². The predicted octanol–water partition coefficient (Wildman–Crippen LogP) is 3.79. The first-order chi connectivity index (χ1) is 8.59. The SMILES string of the molecule is Cc1ccccc1NC(=O)N1[C@H](C)CCC[C@H]1C. The summed E-state index contributed by atoms with van der Waals surface area (Å²) in [6.45, 7) is 6.28. The third-order valence-electron chi connectivity index (χ3n) is 3.81. The van der Waals surface area contributed by atoms with Gasteiger partial charge in [-0.3, -0.25) is 0 Å². The van der Waals surface area contributed by atoms with Crippen LogP contribution < -0.4 is 5.32 Å². The molecule has 1 aromatic rings. The molecule has 0 bridgehead atoms. The fraction of sp³-hybridized carbons (Fsp3) is 0.533. The molecule has 1 fully saturated rings. The number of anilines is 1. The van der Waals surface area contributed by atoms with Crippen molar-refractivity contribution >= 4 is 11.7 Å². The van der Waals surface area contributed by atoms with Gasteiger partial charge in [0.2, 0.25) is 0 Å². The highest BCUT2D eigenvalue weighted by molar-refractivity contribution is 5.90. The van der Waals surface area contributed by atoms with Crippen LogP contribution in [0.3, 0.4) is 0 Å². The van der Waals surface area contributed by atoms with Crippen molar-refractivity contribution in [3.63, 3.8) is 0 Å². The molecule has 2 amide bonds. The number of hydrogen-bond donors (Lipinski definition) is 1. The first-order valence-electron chi connectivity index (χ1n) is 6.74.